The molecule has 0 amide bonds. The predicted octanol–water partition coefficient (Wildman–Crippen LogP) is 3.96. The van der Waals surface area contributed by atoms with Crippen molar-refractivity contribution < 1.29 is 0 Å². The molecule has 0 bridgehead atoms. The van der Waals surface area contributed by atoms with Crippen LogP contribution in [0.5, 0.6) is 0 Å². The fourth-order valence-corrected chi connectivity index (χ4v) is 4.29. The monoisotopic (exact) mass is 381 g/mol. The number of aromatic nitrogens is 3. The van der Waals surface area contributed by atoms with Crippen molar-refractivity contribution in [2.75, 3.05) is 24.5 Å². The number of anilines is 1. The van der Waals surface area contributed by atoms with Gasteiger partial charge in [-0.25, -0.2) is 9.97 Å². The first kappa shape index (κ1) is 18.2. The summed E-state index contributed by atoms with van der Waals surface area (Å²) in [5.74, 6) is 0. The lowest BCUT2D eigenvalue weighted by Gasteiger charge is -2.34. The van der Waals surface area contributed by atoms with E-state index >= 15 is 0 Å². The lowest BCUT2D eigenvalue weighted by atomic mass is 10.0. The number of aryl methyl sites for hydroxylation is 2. The zero-order valence-corrected chi connectivity index (χ0v) is 16.7. The highest BCUT2D eigenvalue weighted by Crippen LogP contribution is 2.26. The topological polar surface area (TPSA) is 46.0 Å². The van der Waals surface area contributed by atoms with E-state index in [4.69, 9.17) is 0 Å². The first-order valence-corrected chi connectivity index (χ1v) is 10.6. The van der Waals surface area contributed by atoms with Gasteiger partial charge in [0.2, 0.25) is 0 Å². The highest BCUT2D eigenvalue weighted by molar-refractivity contribution is 7.09. The first-order valence-electron chi connectivity index (χ1n) is 9.74. The van der Waals surface area contributed by atoms with Gasteiger partial charge >= 0.3 is 0 Å². The largest absolute Gasteiger partial charge is 0.371 e. The van der Waals surface area contributed by atoms with Crippen molar-refractivity contribution in [3.05, 3.63) is 53.4 Å². The van der Waals surface area contributed by atoms with E-state index in [0.717, 1.165) is 43.3 Å². The third-order valence-electron chi connectivity index (χ3n) is 5.23. The summed E-state index contributed by atoms with van der Waals surface area (Å²) in [5.41, 5.74) is 3.62. The lowest BCUT2D eigenvalue weighted by Crippen LogP contribution is -2.42. The summed E-state index contributed by atoms with van der Waals surface area (Å²) in [6, 6.07) is 9.52. The molecule has 1 saturated heterocycles. The van der Waals surface area contributed by atoms with Crippen LogP contribution < -0.4 is 10.2 Å². The van der Waals surface area contributed by atoms with E-state index in [9.17, 15) is 0 Å². The van der Waals surface area contributed by atoms with E-state index < -0.39 is 0 Å². The van der Waals surface area contributed by atoms with E-state index in [2.05, 4.69) is 61.3 Å². The number of nitrogens with one attached hydrogen (secondary N) is 1. The van der Waals surface area contributed by atoms with Crippen LogP contribution in [-0.2, 0) is 6.54 Å². The molecule has 0 spiro atoms. The zero-order chi connectivity index (χ0) is 18.5. The van der Waals surface area contributed by atoms with Gasteiger partial charge < -0.3 is 14.8 Å². The summed E-state index contributed by atoms with van der Waals surface area (Å²) >= 11 is 1.71. The van der Waals surface area contributed by atoms with Crippen LogP contribution >= 0.6 is 11.3 Å². The Morgan fingerprint density at radius 3 is 2.67 bits per heavy atom. The van der Waals surface area contributed by atoms with Crippen LogP contribution in [0.2, 0.25) is 0 Å². The molecule has 1 aromatic carbocycles. The Hall–Kier alpha value is -2.18. The van der Waals surface area contributed by atoms with Crippen LogP contribution in [-0.4, -0.2) is 40.2 Å². The number of imidazole rings is 1. The normalized spacial score (nSPS) is 15.4. The van der Waals surface area contributed by atoms with E-state index in [1.165, 1.54) is 24.1 Å². The minimum Gasteiger partial charge on any atom is -0.371 e. The maximum atomic E-state index is 4.58. The van der Waals surface area contributed by atoms with Crippen molar-refractivity contribution in [3.63, 3.8) is 0 Å². The summed E-state index contributed by atoms with van der Waals surface area (Å²) in [6.07, 6.45) is 9.32. The van der Waals surface area contributed by atoms with E-state index in [0.29, 0.717) is 6.04 Å². The Morgan fingerprint density at radius 1 is 1.19 bits per heavy atom. The molecule has 4 rings (SSSR count). The molecule has 1 fully saturated rings. The summed E-state index contributed by atoms with van der Waals surface area (Å²) in [5, 5.41) is 6.97. The molecule has 3 aromatic rings. The fourth-order valence-electron chi connectivity index (χ4n) is 3.67. The molecule has 6 heteroatoms. The Labute approximate surface area is 165 Å². The SMILES string of the molecule is Cc1nc(-c2ccc(N3CCC(NCCCn4ccnc4)CC3)cc2)cs1. The summed E-state index contributed by atoms with van der Waals surface area (Å²) in [4.78, 5) is 11.2. The van der Waals surface area contributed by atoms with Gasteiger partial charge in [0.15, 0.2) is 0 Å². The number of benzene rings is 1. The minimum absolute atomic E-state index is 0.640. The van der Waals surface area contributed by atoms with Crippen molar-refractivity contribution in [1.82, 2.24) is 19.9 Å². The standard InChI is InChI=1S/C21H27N5S/c1-17-24-21(15-27-17)18-3-5-20(6-4-18)26-12-7-19(8-13-26)23-9-2-11-25-14-10-22-16-25/h3-6,10,14-16,19,23H,2,7-9,11-13H2,1H3. The van der Waals surface area contributed by atoms with Crippen LogP contribution in [0, 0.1) is 6.92 Å². The number of piperidine rings is 1. The van der Waals surface area contributed by atoms with Gasteiger partial charge in [-0.1, -0.05) is 12.1 Å². The smallest absolute Gasteiger partial charge is 0.0945 e. The van der Waals surface area contributed by atoms with E-state index in [-0.39, 0.29) is 0 Å². The van der Waals surface area contributed by atoms with Crippen LogP contribution in [0.25, 0.3) is 11.3 Å². The third-order valence-corrected chi connectivity index (χ3v) is 6.00. The summed E-state index contributed by atoms with van der Waals surface area (Å²) < 4.78 is 2.14. The van der Waals surface area contributed by atoms with Crippen LogP contribution in [0.1, 0.15) is 24.3 Å². The molecule has 0 radical (unpaired) electrons. The predicted molar refractivity (Wildman–Crippen MR) is 112 cm³/mol. The maximum absolute atomic E-state index is 4.58. The van der Waals surface area contributed by atoms with Crippen LogP contribution in [0.3, 0.4) is 0 Å². The highest BCUT2D eigenvalue weighted by Gasteiger charge is 2.19. The molecule has 27 heavy (non-hydrogen) atoms. The van der Waals surface area contributed by atoms with Crippen LogP contribution in [0.4, 0.5) is 5.69 Å². The van der Waals surface area contributed by atoms with Gasteiger partial charge in [0.25, 0.3) is 0 Å². The molecule has 1 aliphatic heterocycles. The van der Waals surface area contributed by atoms with Crippen molar-refractivity contribution in [2.45, 2.75) is 38.8 Å². The number of nitrogens with zero attached hydrogens (tertiary/aromatic N) is 4. The molecule has 0 unspecified atom stereocenters. The number of hydrogen-bond acceptors (Lipinski definition) is 5. The molecular formula is C21H27N5S. The first-order chi connectivity index (χ1) is 13.3. The van der Waals surface area contributed by atoms with Gasteiger partial charge in [-0.05, 0) is 44.9 Å². The quantitative estimate of drug-likeness (QED) is 0.629. The molecule has 0 atom stereocenters. The molecule has 0 aliphatic carbocycles. The second kappa shape index (κ2) is 8.67. The van der Waals surface area contributed by atoms with Crippen molar-refractivity contribution >= 4 is 17.0 Å². The second-order valence-corrected chi connectivity index (χ2v) is 8.23. The molecule has 1 aliphatic rings. The van der Waals surface area contributed by atoms with Gasteiger partial charge in [-0.15, -0.1) is 11.3 Å². The average Bonchev–Trinajstić information content (AvgIpc) is 3.38. The van der Waals surface area contributed by atoms with Crippen molar-refractivity contribution in [1.29, 1.82) is 0 Å². The molecule has 5 nitrogen and oxygen atoms in total. The third kappa shape index (κ3) is 4.76. The van der Waals surface area contributed by atoms with Gasteiger partial charge in [-0.2, -0.15) is 0 Å². The van der Waals surface area contributed by atoms with Gasteiger partial charge in [0.05, 0.1) is 17.0 Å². The number of hydrogen-bond donors (Lipinski definition) is 1. The average molecular weight is 382 g/mol. The molecule has 2 aromatic heterocycles. The lowest BCUT2D eigenvalue weighted by molar-refractivity contribution is 0.407. The molecule has 1 N–H and O–H groups in total. The van der Waals surface area contributed by atoms with Crippen molar-refractivity contribution in [2.24, 2.45) is 0 Å². The fraction of sp³-hybridized carbons (Fsp3) is 0.429. The Balaban J connectivity index is 1.22. The maximum Gasteiger partial charge on any atom is 0.0945 e. The Kier molecular flexibility index (Phi) is 5.84. The highest BCUT2D eigenvalue weighted by atomic mass is 32.1. The Bertz CT molecular complexity index is 817. The summed E-state index contributed by atoms with van der Waals surface area (Å²) in [7, 11) is 0. The van der Waals surface area contributed by atoms with Gasteiger partial charge in [0, 0.05) is 54.7 Å². The van der Waals surface area contributed by atoms with Gasteiger partial charge in [0.1, 0.15) is 0 Å². The minimum atomic E-state index is 0.640. The molecule has 0 saturated carbocycles. The second-order valence-electron chi connectivity index (χ2n) is 7.17. The number of rotatable bonds is 7. The Morgan fingerprint density at radius 2 is 2.00 bits per heavy atom. The number of thiazole rings is 1. The molecule has 142 valence electrons. The van der Waals surface area contributed by atoms with E-state index in [1.807, 2.05) is 18.7 Å². The van der Waals surface area contributed by atoms with Gasteiger partial charge in [-0.3, -0.25) is 0 Å². The molecule has 3 heterocycles. The van der Waals surface area contributed by atoms with E-state index in [1.54, 1.807) is 11.3 Å². The zero-order valence-electron chi connectivity index (χ0n) is 15.8. The van der Waals surface area contributed by atoms with Crippen LogP contribution in [0.15, 0.2) is 48.4 Å². The molecular weight excluding hydrogens is 354 g/mol. The summed E-state index contributed by atoms with van der Waals surface area (Å²) in [6.45, 7) is 6.41. The van der Waals surface area contributed by atoms with Crippen molar-refractivity contribution in [3.8, 4) is 11.3 Å².